The summed E-state index contributed by atoms with van der Waals surface area (Å²) < 4.78 is 0. The van der Waals surface area contributed by atoms with Crippen LogP contribution in [0.15, 0.2) is 85.2 Å². The quantitative estimate of drug-likeness (QED) is 0.0168. The Hall–Kier alpha value is -11.6. The van der Waals surface area contributed by atoms with Gasteiger partial charge in [-0.2, -0.15) is 0 Å². The Balaban J connectivity index is 1.31. The number of phenolic OH excluding ortho intramolecular Hbond substituents is 1. The number of aliphatic hydroxyl groups excluding tert-OH is 2. The van der Waals surface area contributed by atoms with E-state index in [9.17, 15) is 87.2 Å². The van der Waals surface area contributed by atoms with Gasteiger partial charge in [-0.25, -0.2) is 0 Å². The number of rotatable bonds is 50. The Kier molecular flexibility index (Phi) is 38.2. The van der Waals surface area contributed by atoms with Gasteiger partial charge < -0.3 is 117 Å². The first-order valence-electron chi connectivity index (χ1n) is 37.7. The van der Waals surface area contributed by atoms with Gasteiger partial charge in [0.05, 0.1) is 38.8 Å². The van der Waals surface area contributed by atoms with Gasteiger partial charge in [-0.3, -0.25) is 71.9 Å². The number of amides is 15. The van der Waals surface area contributed by atoms with Crippen molar-refractivity contribution in [3.8, 4) is 5.75 Å². The topological polar surface area (TPSA) is 609 Å². The van der Waals surface area contributed by atoms with E-state index in [2.05, 4.69) is 92.9 Å². The van der Waals surface area contributed by atoms with E-state index in [0.717, 1.165) is 26.2 Å². The van der Waals surface area contributed by atoms with Crippen LogP contribution in [0.5, 0.6) is 5.75 Å². The number of hydrogen-bond acceptors (Lipinski definition) is 20. The largest absolute Gasteiger partial charge is 0.508 e. The number of unbranched alkanes of at least 4 members (excludes halogenated alkanes) is 2. The maximum absolute atomic E-state index is 14.7. The molecule has 2 heterocycles. The molecule has 0 aliphatic carbocycles. The molecule has 0 unspecified atom stereocenters. The predicted molar refractivity (Wildman–Crippen MR) is 416 cm³/mol. The number of hydrogen-bond donors (Lipinski definition) is 22. The molecule has 0 fully saturated rings. The van der Waals surface area contributed by atoms with Gasteiger partial charge in [0.25, 0.3) is 0 Å². The van der Waals surface area contributed by atoms with Crippen molar-refractivity contribution >= 4 is 110 Å². The molecule has 3 aromatic carbocycles. The maximum atomic E-state index is 14.7. The SMILES string of the molecule is CC[C@H](C)[C@H](NC(=O)[C@@H](NC(=O)[C@H](Cc1c[nH]c2ccccc12)NC(=O)[C@@H](CCCN)NC(=O)CNC(=O)[C@H](CCCN)NC(=O)[C@@H](C)NC(=O)[C@@H](Cc1c[nH]c2ccccc12)NC(=O)[C@@H](Cc1ccc(O)cc1)NC(=O)[C@@H](CO)NC(=O)CCCCCC(C)C)[C@@H](C)O)C(=O)N[C@@H](CC(N)=O)C(=O)NCC(=O)NCC(N)=O. The lowest BCUT2D eigenvalue weighted by molar-refractivity contribution is -0.137. The number of aliphatic hydroxyl groups is 2. The summed E-state index contributed by atoms with van der Waals surface area (Å²) in [5.74, 6) is -14.1. The Morgan fingerprint density at radius 3 is 1.41 bits per heavy atom. The normalized spacial score (nSPS) is 14.4. The van der Waals surface area contributed by atoms with Gasteiger partial charge in [-0.15, -0.1) is 0 Å². The highest BCUT2D eigenvalue weighted by atomic mass is 16.3. The molecule has 37 nitrogen and oxygen atoms in total. The van der Waals surface area contributed by atoms with Crippen LogP contribution in [0.3, 0.4) is 0 Å². The van der Waals surface area contributed by atoms with E-state index in [1.807, 2.05) is 0 Å². The van der Waals surface area contributed by atoms with Crippen LogP contribution < -0.4 is 92.1 Å². The molecule has 0 spiro atoms. The number of aromatic nitrogens is 2. The molecule has 12 atom stereocenters. The Morgan fingerprint density at radius 2 is 0.885 bits per heavy atom. The van der Waals surface area contributed by atoms with Gasteiger partial charge in [0, 0.05) is 59.9 Å². The highest BCUT2D eigenvalue weighted by Crippen LogP contribution is 2.23. The Bertz CT molecular complexity index is 4070. The second kappa shape index (κ2) is 46.9. The van der Waals surface area contributed by atoms with Crippen molar-refractivity contribution < 1.29 is 87.2 Å². The minimum Gasteiger partial charge on any atom is -0.508 e. The monoisotopic (exact) mass is 1580 g/mol. The first-order valence-corrected chi connectivity index (χ1v) is 37.7. The third kappa shape index (κ3) is 30.9. The number of nitrogens with two attached hydrogens (primary N) is 4. The zero-order valence-corrected chi connectivity index (χ0v) is 64.5. The van der Waals surface area contributed by atoms with Gasteiger partial charge in [0.2, 0.25) is 88.6 Å². The number of carbonyl (C=O) groups excluding carboxylic acids is 15. The molecule has 0 radical (unpaired) electrons. The van der Waals surface area contributed by atoms with Crippen LogP contribution in [0.4, 0.5) is 0 Å². The standard InChI is InChI=1S/C76H111N19O18/c1-7-42(4)65(75(112)93-58(34-60(79)99)69(106)84-38-63(102)83-37-61(80)100)94-76(113)66(44(6)97)95-73(110)57(33-47-36-82-52-21-14-12-19-50(47)52)91-70(107)54(23-16-30-78)87-64(103)39-85-68(105)53(22-15-29-77)89-67(104)43(5)86-71(108)56(32-46-35-81-51-20-13-11-18-49(46)51)92-72(109)55(31-45-25-27-48(98)28-26-45)90-74(111)59(40-96)88-62(101)24-10-8-9-17-41(2)3/h11-14,18-21,25-28,35-36,41-44,53-59,65-66,81-82,96-98H,7-10,15-17,22-24,29-34,37-40,77-78H2,1-6H3,(H2,79,99)(H2,80,100)(H,83,102)(H,84,106)(H,85,105)(H,86,108)(H,87,103)(H,88,101)(H,89,104)(H,90,111)(H,91,107)(H,92,109)(H,93,112)(H,94,113)(H,95,110)/t42-,43+,44+,53-,54+,55+,56+,57-,58-,59+,65-,66-/m0/s1. The van der Waals surface area contributed by atoms with Gasteiger partial charge in [0.15, 0.2) is 0 Å². The fourth-order valence-electron chi connectivity index (χ4n) is 12.0. The number of primary amides is 2. The maximum Gasteiger partial charge on any atom is 0.245 e. The van der Waals surface area contributed by atoms with Crippen molar-refractivity contribution in [2.24, 2.45) is 34.8 Å². The molecule has 0 saturated heterocycles. The summed E-state index contributed by atoms with van der Waals surface area (Å²) in [6.07, 6.45) is 3.73. The van der Waals surface area contributed by atoms with Crippen LogP contribution in [0.25, 0.3) is 21.8 Å². The van der Waals surface area contributed by atoms with E-state index in [0.29, 0.717) is 50.8 Å². The molecule has 5 aromatic rings. The third-order valence-corrected chi connectivity index (χ3v) is 18.6. The summed E-state index contributed by atoms with van der Waals surface area (Å²) in [4.78, 5) is 211. The Morgan fingerprint density at radius 1 is 0.425 bits per heavy atom. The summed E-state index contributed by atoms with van der Waals surface area (Å²) >= 11 is 0. The molecule has 0 aliphatic rings. The molecule has 37 heteroatoms. The number of H-pyrrole nitrogens is 2. The van der Waals surface area contributed by atoms with E-state index in [1.165, 1.54) is 31.2 Å². The number of fused-ring (bicyclic) bond motifs is 2. The molecule has 0 saturated carbocycles. The highest BCUT2D eigenvalue weighted by molar-refractivity contribution is 6.01. The lowest BCUT2D eigenvalue weighted by Gasteiger charge is -2.30. The molecular formula is C76H111N19O18. The van der Waals surface area contributed by atoms with Gasteiger partial charge >= 0.3 is 0 Å². The Labute approximate surface area is 653 Å². The molecule has 113 heavy (non-hydrogen) atoms. The second-order valence-corrected chi connectivity index (χ2v) is 28.3. The van der Waals surface area contributed by atoms with Crippen molar-refractivity contribution in [3.63, 3.8) is 0 Å². The molecule has 0 aliphatic heterocycles. The summed E-state index contributed by atoms with van der Waals surface area (Å²) in [5, 5.41) is 65.3. The molecule has 2 aromatic heterocycles. The van der Waals surface area contributed by atoms with Crippen LogP contribution in [-0.4, -0.2) is 220 Å². The number of carbonyl (C=O) groups is 15. The third-order valence-electron chi connectivity index (χ3n) is 18.6. The molecule has 5 rings (SSSR count). The number of aromatic amines is 2. The molecular weight excluding hydrogens is 1470 g/mol. The zero-order valence-electron chi connectivity index (χ0n) is 64.5. The van der Waals surface area contributed by atoms with E-state index in [1.54, 1.807) is 74.8 Å². The first kappa shape index (κ1) is 92.0. The van der Waals surface area contributed by atoms with Crippen molar-refractivity contribution in [3.05, 3.63) is 102 Å². The van der Waals surface area contributed by atoms with E-state index < -0.39 is 194 Å². The van der Waals surface area contributed by atoms with Gasteiger partial charge in [-0.05, 0) is 112 Å². The lowest BCUT2D eigenvalue weighted by Crippen LogP contribution is -2.62. The van der Waals surface area contributed by atoms with Crippen LogP contribution in [0.1, 0.15) is 129 Å². The number of phenols is 1. The summed E-state index contributed by atoms with van der Waals surface area (Å²) in [6, 6.07) is 4.59. The van der Waals surface area contributed by atoms with Gasteiger partial charge in [0.1, 0.15) is 66.2 Å². The highest BCUT2D eigenvalue weighted by Gasteiger charge is 2.38. The zero-order chi connectivity index (χ0) is 83.4. The van der Waals surface area contributed by atoms with Crippen molar-refractivity contribution in [1.82, 2.24) is 79.1 Å². The van der Waals surface area contributed by atoms with Crippen molar-refractivity contribution in [2.45, 2.75) is 198 Å². The predicted octanol–water partition coefficient (Wildman–Crippen LogP) is -3.54. The van der Waals surface area contributed by atoms with Crippen LogP contribution >= 0.6 is 0 Å². The average molecular weight is 1580 g/mol. The van der Waals surface area contributed by atoms with Crippen LogP contribution in [0.2, 0.25) is 0 Å². The number of aromatic hydroxyl groups is 1. The fourth-order valence-corrected chi connectivity index (χ4v) is 12.0. The number of para-hydroxylation sites is 2. The van der Waals surface area contributed by atoms with E-state index >= 15 is 0 Å². The average Bonchev–Trinajstić information content (AvgIpc) is 1.71. The van der Waals surface area contributed by atoms with Crippen LogP contribution in [0, 0.1) is 11.8 Å². The minimum atomic E-state index is -1.85. The second-order valence-electron chi connectivity index (χ2n) is 28.3. The molecule has 0 bridgehead atoms. The number of benzene rings is 3. The molecule has 26 N–H and O–H groups in total. The number of nitrogens with one attached hydrogen (secondary N) is 15. The lowest BCUT2D eigenvalue weighted by atomic mass is 9.96. The van der Waals surface area contributed by atoms with Crippen molar-refractivity contribution in [1.29, 1.82) is 0 Å². The van der Waals surface area contributed by atoms with E-state index in [4.69, 9.17) is 22.9 Å². The summed E-state index contributed by atoms with van der Waals surface area (Å²) in [5.41, 5.74) is 25.0. The van der Waals surface area contributed by atoms with Gasteiger partial charge in [-0.1, -0.05) is 102 Å². The smallest absolute Gasteiger partial charge is 0.245 e. The van der Waals surface area contributed by atoms with E-state index in [-0.39, 0.29) is 76.6 Å². The summed E-state index contributed by atoms with van der Waals surface area (Å²) in [7, 11) is 0. The first-order chi connectivity index (χ1) is 53.7. The fraction of sp³-hybridized carbons (Fsp3) is 0.513. The minimum absolute atomic E-state index is 0.0193. The molecule has 15 amide bonds. The molecule has 618 valence electrons. The van der Waals surface area contributed by atoms with Crippen molar-refractivity contribution in [2.75, 3.05) is 39.3 Å². The summed E-state index contributed by atoms with van der Waals surface area (Å²) in [6.45, 7) is 7.10. The van der Waals surface area contributed by atoms with Crippen LogP contribution in [-0.2, 0) is 91.2 Å².